The van der Waals surface area contributed by atoms with E-state index in [-0.39, 0.29) is 23.5 Å². The third kappa shape index (κ3) is 4.96. The number of hydrogen-bond donors (Lipinski definition) is 1. The van der Waals surface area contributed by atoms with Crippen molar-refractivity contribution in [3.63, 3.8) is 0 Å². The van der Waals surface area contributed by atoms with Crippen molar-refractivity contribution in [2.45, 2.75) is 13.8 Å². The molecule has 0 aliphatic heterocycles. The van der Waals surface area contributed by atoms with Gasteiger partial charge in [-0.2, -0.15) is 0 Å². The van der Waals surface area contributed by atoms with Crippen LogP contribution in [0.15, 0.2) is 57.7 Å². The summed E-state index contributed by atoms with van der Waals surface area (Å²) in [5, 5.41) is 3.08. The number of fused-ring (bicyclic) bond motifs is 1. The number of ether oxygens (including phenoxy) is 3. The molecule has 0 aliphatic carbocycles. The summed E-state index contributed by atoms with van der Waals surface area (Å²) in [5.41, 5.74) is -0.663. The van der Waals surface area contributed by atoms with Crippen LogP contribution in [0.25, 0.3) is 11.0 Å². The monoisotopic (exact) mass is 411 g/mol. The van der Waals surface area contributed by atoms with Crippen molar-refractivity contribution in [1.29, 1.82) is 0 Å². The maximum atomic E-state index is 12.1. The van der Waals surface area contributed by atoms with Crippen molar-refractivity contribution >= 4 is 22.8 Å². The number of para-hydroxylation sites is 2. The molecule has 0 saturated carbocycles. The highest BCUT2D eigenvalue weighted by molar-refractivity contribution is 5.96. The third-order valence-corrected chi connectivity index (χ3v) is 4.02. The molecule has 0 aliphatic rings. The Morgan fingerprint density at radius 3 is 2.43 bits per heavy atom. The number of carbonyl (C=O) groups excluding carboxylic acids is 2. The highest BCUT2D eigenvalue weighted by atomic mass is 16.6. The molecule has 3 rings (SSSR count). The number of hydrogen-bond acceptors (Lipinski definition) is 7. The largest absolute Gasteiger partial charge is 0.490 e. The first-order valence-electron chi connectivity index (χ1n) is 9.43. The van der Waals surface area contributed by atoms with E-state index in [2.05, 4.69) is 5.32 Å². The smallest absolute Gasteiger partial charge is 0.349 e. The minimum Gasteiger partial charge on any atom is -0.490 e. The standard InChI is InChI=1S/C22H21NO7/c1-3-23-21(25)16-11-14-9-10-15(12-19(14)30-22(16)26)29-20(24)13-28-18-8-6-5-7-17(18)27-4-2/h5-12H,3-4,13H2,1-2H3,(H,23,25). The van der Waals surface area contributed by atoms with E-state index >= 15 is 0 Å². The zero-order valence-corrected chi connectivity index (χ0v) is 16.6. The van der Waals surface area contributed by atoms with Crippen molar-refractivity contribution in [2.24, 2.45) is 0 Å². The second kappa shape index (κ2) is 9.60. The Labute approximate surface area is 172 Å². The van der Waals surface area contributed by atoms with Gasteiger partial charge in [0.15, 0.2) is 18.1 Å². The average Bonchev–Trinajstić information content (AvgIpc) is 2.73. The van der Waals surface area contributed by atoms with E-state index in [4.69, 9.17) is 18.6 Å². The van der Waals surface area contributed by atoms with Crippen LogP contribution in [0.5, 0.6) is 17.2 Å². The van der Waals surface area contributed by atoms with Gasteiger partial charge in [-0.1, -0.05) is 12.1 Å². The van der Waals surface area contributed by atoms with Gasteiger partial charge in [-0.25, -0.2) is 9.59 Å². The Kier molecular flexibility index (Phi) is 6.69. The molecule has 0 unspecified atom stereocenters. The molecule has 8 heteroatoms. The molecule has 1 N–H and O–H groups in total. The second-order valence-electron chi connectivity index (χ2n) is 6.15. The summed E-state index contributed by atoms with van der Waals surface area (Å²) < 4.78 is 21.4. The Morgan fingerprint density at radius 1 is 1.00 bits per heavy atom. The quantitative estimate of drug-likeness (QED) is 0.345. The number of amides is 1. The number of carbonyl (C=O) groups is 2. The lowest BCUT2D eigenvalue weighted by Gasteiger charge is -2.11. The summed E-state index contributed by atoms with van der Waals surface area (Å²) in [6.07, 6.45) is 0. The zero-order valence-electron chi connectivity index (χ0n) is 16.6. The van der Waals surface area contributed by atoms with E-state index in [0.717, 1.165) is 0 Å². The van der Waals surface area contributed by atoms with Crippen LogP contribution in [-0.4, -0.2) is 31.6 Å². The van der Waals surface area contributed by atoms with Crippen molar-refractivity contribution in [3.8, 4) is 17.2 Å². The molecule has 1 heterocycles. The molecular formula is C22H21NO7. The van der Waals surface area contributed by atoms with Gasteiger partial charge in [-0.15, -0.1) is 0 Å². The third-order valence-electron chi connectivity index (χ3n) is 4.02. The van der Waals surface area contributed by atoms with Gasteiger partial charge in [-0.3, -0.25) is 4.79 Å². The minimum atomic E-state index is -0.771. The molecular weight excluding hydrogens is 390 g/mol. The molecule has 3 aromatic rings. The first kappa shape index (κ1) is 20.9. The summed E-state index contributed by atoms with van der Waals surface area (Å²) in [6, 6.07) is 13.0. The predicted octanol–water partition coefficient (Wildman–Crippen LogP) is 2.93. The molecule has 0 saturated heterocycles. The Bertz CT molecular complexity index is 1120. The van der Waals surface area contributed by atoms with Crippen LogP contribution in [0.4, 0.5) is 0 Å². The fraction of sp³-hybridized carbons (Fsp3) is 0.227. The fourth-order valence-corrected chi connectivity index (χ4v) is 2.71. The van der Waals surface area contributed by atoms with Crippen molar-refractivity contribution in [3.05, 3.63) is 64.5 Å². The Morgan fingerprint density at radius 2 is 1.73 bits per heavy atom. The molecule has 0 bridgehead atoms. The van der Waals surface area contributed by atoms with Gasteiger partial charge in [-0.05, 0) is 44.2 Å². The number of benzene rings is 2. The van der Waals surface area contributed by atoms with E-state index in [1.807, 2.05) is 6.92 Å². The molecule has 0 spiro atoms. The van der Waals surface area contributed by atoms with Gasteiger partial charge >= 0.3 is 11.6 Å². The van der Waals surface area contributed by atoms with Gasteiger partial charge in [0.25, 0.3) is 5.91 Å². The summed E-state index contributed by atoms with van der Waals surface area (Å²) in [5.74, 6) is 0.0000649. The Hall–Kier alpha value is -3.81. The van der Waals surface area contributed by atoms with Gasteiger partial charge in [0.2, 0.25) is 0 Å². The van der Waals surface area contributed by atoms with Crippen LogP contribution in [0.3, 0.4) is 0 Å². The number of rotatable bonds is 8. The predicted molar refractivity (Wildman–Crippen MR) is 109 cm³/mol. The molecule has 1 aromatic heterocycles. The molecule has 0 fully saturated rings. The number of esters is 1. The lowest BCUT2D eigenvalue weighted by atomic mass is 10.1. The van der Waals surface area contributed by atoms with Gasteiger partial charge in [0, 0.05) is 18.0 Å². The van der Waals surface area contributed by atoms with E-state index in [0.29, 0.717) is 30.0 Å². The Balaban J connectivity index is 1.70. The minimum absolute atomic E-state index is 0.0875. The van der Waals surface area contributed by atoms with Crippen LogP contribution < -0.4 is 25.2 Å². The molecule has 30 heavy (non-hydrogen) atoms. The van der Waals surface area contributed by atoms with E-state index < -0.39 is 17.5 Å². The second-order valence-corrected chi connectivity index (χ2v) is 6.15. The number of nitrogens with one attached hydrogen (secondary N) is 1. The van der Waals surface area contributed by atoms with Gasteiger partial charge in [0.05, 0.1) is 6.61 Å². The van der Waals surface area contributed by atoms with Crippen molar-refractivity contribution < 1.29 is 28.2 Å². The van der Waals surface area contributed by atoms with Crippen molar-refractivity contribution in [2.75, 3.05) is 19.8 Å². The molecule has 1 amide bonds. The maximum absolute atomic E-state index is 12.1. The maximum Gasteiger partial charge on any atom is 0.349 e. The lowest BCUT2D eigenvalue weighted by Crippen LogP contribution is -2.27. The lowest BCUT2D eigenvalue weighted by molar-refractivity contribution is -0.136. The molecule has 0 radical (unpaired) electrons. The molecule has 8 nitrogen and oxygen atoms in total. The van der Waals surface area contributed by atoms with Crippen molar-refractivity contribution in [1.82, 2.24) is 5.32 Å². The molecule has 0 atom stereocenters. The summed E-state index contributed by atoms with van der Waals surface area (Å²) in [4.78, 5) is 36.1. The molecule has 156 valence electrons. The van der Waals surface area contributed by atoms with Crippen LogP contribution in [0, 0.1) is 0 Å². The SMILES string of the molecule is CCNC(=O)c1cc2ccc(OC(=O)COc3ccccc3OCC)cc2oc1=O. The topological polar surface area (TPSA) is 104 Å². The van der Waals surface area contributed by atoms with Crippen LogP contribution in [0.1, 0.15) is 24.2 Å². The summed E-state index contributed by atoms with van der Waals surface area (Å²) >= 11 is 0. The fourth-order valence-electron chi connectivity index (χ4n) is 2.71. The molecule has 2 aromatic carbocycles. The first-order chi connectivity index (χ1) is 14.5. The zero-order chi connectivity index (χ0) is 21.5. The van der Waals surface area contributed by atoms with Crippen LogP contribution >= 0.6 is 0 Å². The first-order valence-corrected chi connectivity index (χ1v) is 9.43. The van der Waals surface area contributed by atoms with E-state index in [9.17, 15) is 14.4 Å². The summed E-state index contributed by atoms with van der Waals surface area (Å²) in [6.45, 7) is 4.13. The van der Waals surface area contributed by atoms with E-state index in [1.165, 1.54) is 18.2 Å². The normalized spacial score (nSPS) is 10.5. The highest BCUT2D eigenvalue weighted by Gasteiger charge is 2.14. The van der Waals surface area contributed by atoms with Crippen LogP contribution in [0.2, 0.25) is 0 Å². The highest BCUT2D eigenvalue weighted by Crippen LogP contribution is 2.26. The van der Waals surface area contributed by atoms with Crippen LogP contribution in [-0.2, 0) is 4.79 Å². The van der Waals surface area contributed by atoms with E-state index in [1.54, 1.807) is 37.3 Å². The average molecular weight is 411 g/mol. The summed E-state index contributed by atoms with van der Waals surface area (Å²) in [7, 11) is 0. The van der Waals surface area contributed by atoms with Gasteiger partial charge in [0.1, 0.15) is 16.9 Å². The van der Waals surface area contributed by atoms with Gasteiger partial charge < -0.3 is 23.9 Å².